The third kappa shape index (κ3) is 4.68. The molecule has 1 amide bonds. The predicted octanol–water partition coefficient (Wildman–Crippen LogP) is 2.14. The average Bonchev–Trinajstić information content (AvgIpc) is 2.51. The quantitative estimate of drug-likeness (QED) is 0.677. The van der Waals surface area contributed by atoms with Crippen molar-refractivity contribution >= 4 is 11.6 Å². The zero-order valence-electron chi connectivity index (χ0n) is 11.4. The number of pyridine rings is 1. The summed E-state index contributed by atoms with van der Waals surface area (Å²) in [6.07, 6.45) is 3.30. The fourth-order valence-electron chi connectivity index (χ4n) is 1.53. The van der Waals surface area contributed by atoms with E-state index < -0.39 is 11.7 Å². The number of hydrazone groups is 1. The number of aromatic nitrogens is 1. The summed E-state index contributed by atoms with van der Waals surface area (Å²) in [6.45, 7) is 1.51. The highest BCUT2D eigenvalue weighted by Crippen LogP contribution is 2.11. The summed E-state index contributed by atoms with van der Waals surface area (Å²) in [6, 6.07) is 9.20. The second-order valence-corrected chi connectivity index (χ2v) is 4.22. The monoisotopic (exact) mass is 287 g/mol. The van der Waals surface area contributed by atoms with Crippen LogP contribution < -0.4 is 10.2 Å². The SMILES string of the molecule is C/C(=N/NC(=O)COc1cccc(F)c1)c1cccnc1. The molecule has 0 aliphatic carbocycles. The van der Waals surface area contributed by atoms with E-state index in [0.29, 0.717) is 5.71 Å². The van der Waals surface area contributed by atoms with Crippen LogP contribution in [0.2, 0.25) is 0 Å². The van der Waals surface area contributed by atoms with Gasteiger partial charge in [0.25, 0.3) is 5.91 Å². The summed E-state index contributed by atoms with van der Waals surface area (Å²) < 4.78 is 18.1. The van der Waals surface area contributed by atoms with Crippen molar-refractivity contribution in [1.29, 1.82) is 0 Å². The molecule has 0 radical (unpaired) electrons. The van der Waals surface area contributed by atoms with Gasteiger partial charge in [-0.1, -0.05) is 12.1 Å². The molecule has 0 fully saturated rings. The number of benzene rings is 1. The van der Waals surface area contributed by atoms with Gasteiger partial charge in [0.05, 0.1) is 5.71 Å². The van der Waals surface area contributed by atoms with E-state index in [1.165, 1.54) is 18.2 Å². The minimum atomic E-state index is -0.428. The smallest absolute Gasteiger partial charge is 0.277 e. The van der Waals surface area contributed by atoms with Gasteiger partial charge >= 0.3 is 0 Å². The molecular weight excluding hydrogens is 273 g/mol. The molecule has 0 saturated heterocycles. The molecule has 2 aromatic rings. The molecule has 1 aromatic carbocycles. The van der Waals surface area contributed by atoms with Crippen molar-refractivity contribution in [2.45, 2.75) is 6.92 Å². The Bertz CT molecular complexity index is 644. The first-order valence-corrected chi connectivity index (χ1v) is 6.27. The van der Waals surface area contributed by atoms with Gasteiger partial charge in [-0.15, -0.1) is 0 Å². The molecule has 1 heterocycles. The van der Waals surface area contributed by atoms with Gasteiger partial charge in [0.2, 0.25) is 0 Å². The third-order valence-electron chi connectivity index (χ3n) is 2.59. The van der Waals surface area contributed by atoms with Crippen molar-refractivity contribution in [3.63, 3.8) is 0 Å². The van der Waals surface area contributed by atoms with Crippen molar-refractivity contribution in [1.82, 2.24) is 10.4 Å². The Balaban J connectivity index is 1.85. The highest BCUT2D eigenvalue weighted by atomic mass is 19.1. The molecule has 1 aromatic heterocycles. The van der Waals surface area contributed by atoms with E-state index in [1.807, 2.05) is 6.07 Å². The summed E-state index contributed by atoms with van der Waals surface area (Å²) in [4.78, 5) is 15.5. The molecule has 0 atom stereocenters. The topological polar surface area (TPSA) is 63.6 Å². The van der Waals surface area contributed by atoms with E-state index in [4.69, 9.17) is 4.74 Å². The van der Waals surface area contributed by atoms with Crippen LogP contribution in [0.5, 0.6) is 5.75 Å². The van der Waals surface area contributed by atoms with Crippen LogP contribution in [0, 0.1) is 5.82 Å². The zero-order chi connectivity index (χ0) is 15.1. The summed E-state index contributed by atoms with van der Waals surface area (Å²) in [7, 11) is 0. The lowest BCUT2D eigenvalue weighted by Crippen LogP contribution is -2.25. The lowest BCUT2D eigenvalue weighted by Gasteiger charge is -2.05. The third-order valence-corrected chi connectivity index (χ3v) is 2.59. The maximum Gasteiger partial charge on any atom is 0.277 e. The molecule has 108 valence electrons. The van der Waals surface area contributed by atoms with Gasteiger partial charge in [-0.05, 0) is 25.1 Å². The Hall–Kier alpha value is -2.76. The van der Waals surface area contributed by atoms with Gasteiger partial charge < -0.3 is 4.74 Å². The largest absolute Gasteiger partial charge is 0.484 e. The first-order valence-electron chi connectivity index (χ1n) is 6.27. The molecule has 0 bridgehead atoms. The van der Waals surface area contributed by atoms with E-state index in [9.17, 15) is 9.18 Å². The lowest BCUT2D eigenvalue weighted by molar-refractivity contribution is -0.123. The predicted molar refractivity (Wildman–Crippen MR) is 76.5 cm³/mol. The number of nitrogens with zero attached hydrogens (tertiary/aromatic N) is 2. The first-order chi connectivity index (χ1) is 10.1. The van der Waals surface area contributed by atoms with Gasteiger partial charge in [0, 0.05) is 24.0 Å². The van der Waals surface area contributed by atoms with Crippen LogP contribution in [0.25, 0.3) is 0 Å². The summed E-state index contributed by atoms with van der Waals surface area (Å²) in [5, 5.41) is 3.95. The number of amides is 1. The molecule has 5 nitrogen and oxygen atoms in total. The van der Waals surface area contributed by atoms with Gasteiger partial charge in [-0.3, -0.25) is 9.78 Å². The fraction of sp³-hybridized carbons (Fsp3) is 0.133. The number of ether oxygens (including phenoxy) is 1. The van der Waals surface area contributed by atoms with Crippen molar-refractivity contribution < 1.29 is 13.9 Å². The fourth-order valence-corrected chi connectivity index (χ4v) is 1.53. The van der Waals surface area contributed by atoms with Gasteiger partial charge in [-0.2, -0.15) is 5.10 Å². The van der Waals surface area contributed by atoms with Crippen molar-refractivity contribution in [2.24, 2.45) is 5.10 Å². The number of hydrogen-bond donors (Lipinski definition) is 1. The van der Waals surface area contributed by atoms with Crippen LogP contribution in [0.3, 0.4) is 0 Å². The van der Waals surface area contributed by atoms with Crippen molar-refractivity contribution in [2.75, 3.05) is 6.61 Å². The minimum absolute atomic E-state index is 0.243. The normalized spacial score (nSPS) is 11.0. The highest BCUT2D eigenvalue weighted by molar-refractivity contribution is 5.98. The Morgan fingerprint density at radius 2 is 2.24 bits per heavy atom. The zero-order valence-corrected chi connectivity index (χ0v) is 11.4. The second kappa shape index (κ2) is 7.14. The summed E-state index contributed by atoms with van der Waals surface area (Å²) in [5.74, 6) is -0.557. The molecule has 0 aliphatic heterocycles. The Morgan fingerprint density at radius 1 is 1.38 bits per heavy atom. The number of carbonyl (C=O) groups is 1. The molecule has 0 aliphatic rings. The number of halogens is 1. The average molecular weight is 287 g/mol. The lowest BCUT2D eigenvalue weighted by atomic mass is 10.2. The van der Waals surface area contributed by atoms with Crippen LogP contribution in [0.4, 0.5) is 4.39 Å². The Morgan fingerprint density at radius 3 is 2.95 bits per heavy atom. The number of nitrogens with one attached hydrogen (secondary N) is 1. The summed E-state index contributed by atoms with van der Waals surface area (Å²) in [5.41, 5.74) is 3.80. The number of hydrogen-bond acceptors (Lipinski definition) is 4. The maximum atomic E-state index is 12.9. The van der Waals surface area contributed by atoms with Crippen LogP contribution >= 0.6 is 0 Å². The minimum Gasteiger partial charge on any atom is -0.484 e. The molecule has 21 heavy (non-hydrogen) atoms. The standard InChI is InChI=1S/C15H14FN3O2/c1-11(12-4-3-7-17-9-12)18-19-15(20)10-21-14-6-2-5-13(16)8-14/h2-9H,10H2,1H3,(H,19,20)/b18-11-. The van der Waals surface area contributed by atoms with Crippen LogP contribution in [0.15, 0.2) is 53.9 Å². The number of carbonyl (C=O) groups excluding carboxylic acids is 1. The van der Waals surface area contributed by atoms with Gasteiger partial charge in [-0.25, -0.2) is 9.82 Å². The molecule has 2 rings (SSSR count). The number of rotatable bonds is 5. The van der Waals surface area contributed by atoms with E-state index in [1.54, 1.807) is 31.5 Å². The maximum absolute atomic E-state index is 12.9. The highest BCUT2D eigenvalue weighted by Gasteiger charge is 2.03. The van der Waals surface area contributed by atoms with Crippen molar-refractivity contribution in [3.05, 3.63) is 60.2 Å². The first kappa shape index (κ1) is 14.6. The van der Waals surface area contributed by atoms with E-state index in [0.717, 1.165) is 5.56 Å². The van der Waals surface area contributed by atoms with Crippen molar-refractivity contribution in [3.8, 4) is 5.75 Å². The second-order valence-electron chi connectivity index (χ2n) is 4.22. The van der Waals surface area contributed by atoms with E-state index in [2.05, 4.69) is 15.5 Å². The Labute approximate surface area is 121 Å². The summed E-state index contributed by atoms with van der Waals surface area (Å²) >= 11 is 0. The molecule has 1 N–H and O–H groups in total. The molecule has 0 unspecified atom stereocenters. The van der Waals surface area contributed by atoms with Crippen LogP contribution in [-0.2, 0) is 4.79 Å². The molecular formula is C15H14FN3O2. The molecule has 6 heteroatoms. The molecule has 0 spiro atoms. The Kier molecular flexibility index (Phi) is 4.98. The van der Waals surface area contributed by atoms with E-state index in [-0.39, 0.29) is 12.4 Å². The van der Waals surface area contributed by atoms with Gasteiger partial charge in [0.1, 0.15) is 11.6 Å². The van der Waals surface area contributed by atoms with E-state index >= 15 is 0 Å². The molecule has 0 saturated carbocycles. The van der Waals surface area contributed by atoms with Crippen LogP contribution in [-0.4, -0.2) is 23.2 Å². The van der Waals surface area contributed by atoms with Gasteiger partial charge in [0.15, 0.2) is 6.61 Å². The van der Waals surface area contributed by atoms with Crippen LogP contribution in [0.1, 0.15) is 12.5 Å².